The average Bonchev–Trinajstić information content (AvgIpc) is 3.59. The summed E-state index contributed by atoms with van der Waals surface area (Å²) >= 11 is 0. The fourth-order valence-corrected chi connectivity index (χ4v) is 4.46. The molecule has 4 atom stereocenters. The molecule has 0 bridgehead atoms. The Labute approximate surface area is 230 Å². The third-order valence-electron chi connectivity index (χ3n) is 6.47. The molecule has 1 aliphatic rings. The summed E-state index contributed by atoms with van der Waals surface area (Å²) in [4.78, 5) is 54.2. The van der Waals surface area contributed by atoms with Gasteiger partial charge in [-0.05, 0) is 51.2 Å². The molecule has 3 rings (SSSR count). The van der Waals surface area contributed by atoms with E-state index in [2.05, 4.69) is 15.4 Å². The Hall–Kier alpha value is -3.88. The van der Waals surface area contributed by atoms with Gasteiger partial charge >= 0.3 is 12.1 Å². The molecule has 0 saturated heterocycles. The number of hydrogen-bond donors (Lipinski definition) is 2. The lowest BCUT2D eigenvalue weighted by Gasteiger charge is -2.35. The van der Waals surface area contributed by atoms with Crippen molar-refractivity contribution in [1.29, 1.82) is 0 Å². The number of aryl methyl sites for hydroxylation is 1. The highest BCUT2D eigenvalue weighted by atomic mass is 16.6. The van der Waals surface area contributed by atoms with Gasteiger partial charge in [0, 0.05) is 12.5 Å². The van der Waals surface area contributed by atoms with Crippen molar-refractivity contribution in [3.05, 3.63) is 71.3 Å². The van der Waals surface area contributed by atoms with E-state index in [0.717, 1.165) is 11.1 Å². The maximum absolute atomic E-state index is 14.4. The van der Waals surface area contributed by atoms with E-state index in [0.29, 0.717) is 12.0 Å². The third kappa shape index (κ3) is 8.56. The molecule has 9 heteroatoms. The van der Waals surface area contributed by atoms with Crippen molar-refractivity contribution in [2.45, 2.75) is 71.2 Å². The van der Waals surface area contributed by atoms with Gasteiger partial charge < -0.3 is 25.0 Å². The van der Waals surface area contributed by atoms with Crippen molar-refractivity contribution in [2.24, 2.45) is 5.92 Å². The van der Waals surface area contributed by atoms with Crippen LogP contribution in [0.3, 0.4) is 0 Å². The summed E-state index contributed by atoms with van der Waals surface area (Å²) in [5, 5.41) is 5.38. The highest BCUT2D eigenvalue weighted by Crippen LogP contribution is 2.41. The SMILES string of the molecule is COC(=O)CNC(=O)C(c1cccc(C)c1)N(C(=O)C(Cc1ccccc1)NC(=O)OC(C)(C)C)C1CC1C. The van der Waals surface area contributed by atoms with Crippen LogP contribution in [0.1, 0.15) is 56.8 Å². The number of nitrogens with one attached hydrogen (secondary N) is 2. The minimum absolute atomic E-state index is 0.161. The smallest absolute Gasteiger partial charge is 0.408 e. The highest BCUT2D eigenvalue weighted by molar-refractivity contribution is 5.93. The first kappa shape index (κ1) is 29.7. The lowest BCUT2D eigenvalue weighted by Crippen LogP contribution is -2.55. The lowest BCUT2D eigenvalue weighted by atomic mass is 9.98. The zero-order valence-corrected chi connectivity index (χ0v) is 23.5. The fourth-order valence-electron chi connectivity index (χ4n) is 4.46. The van der Waals surface area contributed by atoms with Gasteiger partial charge in [-0.15, -0.1) is 0 Å². The molecule has 0 spiro atoms. The first-order chi connectivity index (χ1) is 18.4. The second-order valence-corrected chi connectivity index (χ2v) is 11.0. The molecule has 0 radical (unpaired) electrons. The molecule has 4 unspecified atom stereocenters. The van der Waals surface area contributed by atoms with Crippen molar-refractivity contribution in [3.8, 4) is 0 Å². The lowest BCUT2D eigenvalue weighted by molar-refractivity contribution is -0.145. The van der Waals surface area contributed by atoms with E-state index < -0.39 is 41.6 Å². The van der Waals surface area contributed by atoms with Crippen LogP contribution in [0.2, 0.25) is 0 Å². The predicted molar refractivity (Wildman–Crippen MR) is 147 cm³/mol. The number of carbonyl (C=O) groups excluding carboxylic acids is 4. The molecule has 0 aromatic heterocycles. The van der Waals surface area contributed by atoms with Crippen LogP contribution in [0.15, 0.2) is 54.6 Å². The number of hydrogen-bond acceptors (Lipinski definition) is 6. The van der Waals surface area contributed by atoms with Crippen molar-refractivity contribution < 1.29 is 28.7 Å². The number of benzene rings is 2. The second-order valence-electron chi connectivity index (χ2n) is 11.0. The number of alkyl carbamates (subject to hydrolysis) is 1. The van der Waals surface area contributed by atoms with Crippen molar-refractivity contribution >= 4 is 23.9 Å². The summed E-state index contributed by atoms with van der Waals surface area (Å²) in [7, 11) is 1.24. The summed E-state index contributed by atoms with van der Waals surface area (Å²) in [6.07, 6.45) is 0.201. The molecule has 1 aliphatic carbocycles. The molecule has 3 amide bonds. The van der Waals surface area contributed by atoms with Crippen LogP contribution in [0.5, 0.6) is 0 Å². The topological polar surface area (TPSA) is 114 Å². The highest BCUT2D eigenvalue weighted by Gasteiger charge is 2.48. The predicted octanol–water partition coefficient (Wildman–Crippen LogP) is 3.70. The van der Waals surface area contributed by atoms with Crippen LogP contribution in [0.25, 0.3) is 0 Å². The molecule has 0 aliphatic heterocycles. The Morgan fingerprint density at radius 1 is 1.05 bits per heavy atom. The fraction of sp³-hybridized carbons (Fsp3) is 0.467. The molecule has 39 heavy (non-hydrogen) atoms. The van der Waals surface area contributed by atoms with Crippen LogP contribution in [-0.2, 0) is 30.3 Å². The molecule has 1 saturated carbocycles. The van der Waals surface area contributed by atoms with E-state index in [1.165, 1.54) is 7.11 Å². The Morgan fingerprint density at radius 2 is 1.72 bits per heavy atom. The van der Waals surface area contributed by atoms with Crippen molar-refractivity contribution in [3.63, 3.8) is 0 Å². The summed E-state index contributed by atoms with van der Waals surface area (Å²) in [5.74, 6) is -1.35. The van der Waals surface area contributed by atoms with Crippen LogP contribution in [0.4, 0.5) is 4.79 Å². The number of nitrogens with zero attached hydrogens (tertiary/aromatic N) is 1. The summed E-state index contributed by atoms with van der Waals surface area (Å²) in [6, 6.07) is 14.5. The normalized spacial score (nSPS) is 17.8. The Morgan fingerprint density at radius 3 is 2.28 bits per heavy atom. The van der Waals surface area contributed by atoms with Gasteiger partial charge in [0.25, 0.3) is 0 Å². The van der Waals surface area contributed by atoms with Gasteiger partial charge in [-0.1, -0.05) is 67.1 Å². The monoisotopic (exact) mass is 537 g/mol. The number of carbonyl (C=O) groups is 4. The first-order valence-corrected chi connectivity index (χ1v) is 13.2. The van der Waals surface area contributed by atoms with Gasteiger partial charge in [0.2, 0.25) is 11.8 Å². The van der Waals surface area contributed by atoms with E-state index in [4.69, 9.17) is 4.74 Å². The molecule has 1 fully saturated rings. The minimum atomic E-state index is -1.02. The second kappa shape index (κ2) is 12.8. The van der Waals surface area contributed by atoms with Gasteiger partial charge in [0.05, 0.1) is 7.11 Å². The largest absolute Gasteiger partial charge is 0.468 e. The zero-order valence-electron chi connectivity index (χ0n) is 23.5. The molecule has 210 valence electrons. The Kier molecular flexibility index (Phi) is 9.72. The number of rotatable bonds is 10. The van der Waals surface area contributed by atoms with E-state index in [-0.39, 0.29) is 24.9 Å². The zero-order chi connectivity index (χ0) is 28.7. The molecule has 9 nitrogen and oxygen atoms in total. The van der Waals surface area contributed by atoms with Crippen LogP contribution < -0.4 is 10.6 Å². The summed E-state index contributed by atoms with van der Waals surface area (Å²) < 4.78 is 10.1. The van der Waals surface area contributed by atoms with Gasteiger partial charge in [0.1, 0.15) is 24.2 Å². The first-order valence-electron chi connectivity index (χ1n) is 13.2. The Bertz CT molecular complexity index is 1180. The molecule has 2 N–H and O–H groups in total. The molecule has 2 aromatic rings. The summed E-state index contributed by atoms with van der Waals surface area (Å²) in [5.41, 5.74) is 1.62. The van der Waals surface area contributed by atoms with E-state index in [1.807, 2.05) is 62.4 Å². The minimum Gasteiger partial charge on any atom is -0.468 e. The average molecular weight is 538 g/mol. The number of ether oxygens (including phenoxy) is 2. The van der Waals surface area contributed by atoms with Crippen molar-refractivity contribution in [2.75, 3.05) is 13.7 Å². The van der Waals surface area contributed by atoms with Crippen LogP contribution in [0, 0.1) is 12.8 Å². The number of esters is 1. The van der Waals surface area contributed by atoms with E-state index >= 15 is 0 Å². The summed E-state index contributed by atoms with van der Waals surface area (Å²) in [6.45, 7) is 8.83. The van der Waals surface area contributed by atoms with Gasteiger partial charge in [-0.3, -0.25) is 14.4 Å². The van der Waals surface area contributed by atoms with Gasteiger partial charge in [-0.25, -0.2) is 4.79 Å². The maximum atomic E-state index is 14.4. The van der Waals surface area contributed by atoms with Gasteiger partial charge in [0.15, 0.2) is 0 Å². The van der Waals surface area contributed by atoms with E-state index in [1.54, 1.807) is 31.7 Å². The Balaban J connectivity index is 2.02. The van der Waals surface area contributed by atoms with Gasteiger partial charge in [-0.2, -0.15) is 0 Å². The molecule has 2 aromatic carbocycles. The standard InChI is InChI=1S/C30H39N3O6/c1-19-11-10-14-22(15-19)26(27(35)31-18-25(34)38-6)33(24-16-20(24)2)28(36)23(17-21-12-8-7-9-13-21)32-29(37)39-30(3,4)5/h7-15,20,23-24,26H,16-18H2,1-6H3,(H,31,35)(H,32,37). The van der Waals surface area contributed by atoms with Crippen molar-refractivity contribution in [1.82, 2.24) is 15.5 Å². The van der Waals surface area contributed by atoms with Crippen LogP contribution in [-0.4, -0.2) is 60.1 Å². The third-order valence-corrected chi connectivity index (χ3v) is 6.47. The van der Waals surface area contributed by atoms with Crippen LogP contribution >= 0.6 is 0 Å². The maximum Gasteiger partial charge on any atom is 0.408 e. The molecule has 0 heterocycles. The molecular weight excluding hydrogens is 498 g/mol. The quantitative estimate of drug-likeness (QED) is 0.447. The number of methoxy groups -OCH3 is 1. The number of amides is 3. The molecular formula is C30H39N3O6. The van der Waals surface area contributed by atoms with E-state index in [9.17, 15) is 19.2 Å².